The molecule has 126 valence electrons. The van der Waals surface area contributed by atoms with Gasteiger partial charge in [-0.25, -0.2) is 4.98 Å². The van der Waals surface area contributed by atoms with Crippen LogP contribution in [0.3, 0.4) is 0 Å². The van der Waals surface area contributed by atoms with Crippen LogP contribution in [-0.2, 0) is 6.54 Å². The van der Waals surface area contributed by atoms with Gasteiger partial charge in [0.25, 0.3) is 11.5 Å². The molecule has 23 heavy (non-hydrogen) atoms. The quantitative estimate of drug-likeness (QED) is 0.483. The number of thioether (sulfide) groups is 1. The van der Waals surface area contributed by atoms with Crippen molar-refractivity contribution in [3.05, 3.63) is 22.1 Å². The highest BCUT2D eigenvalue weighted by Gasteiger charge is 2.19. The second-order valence-electron chi connectivity index (χ2n) is 6.16. The number of nitrogens with zero attached hydrogens (tertiary/aromatic N) is 2. The van der Waals surface area contributed by atoms with Gasteiger partial charge in [0, 0.05) is 37.6 Å². The van der Waals surface area contributed by atoms with E-state index in [-0.39, 0.29) is 17.0 Å². The second kappa shape index (κ2) is 7.97. The SMILES string of the molecule is O=C(NCCNC1CCCCCC1)c1cnc2n(c1=O)CCS2. The van der Waals surface area contributed by atoms with Crippen LogP contribution in [-0.4, -0.2) is 40.3 Å². The minimum absolute atomic E-state index is 0.144. The first kappa shape index (κ1) is 16.5. The molecule has 1 aliphatic carbocycles. The van der Waals surface area contributed by atoms with Gasteiger partial charge in [-0.15, -0.1) is 0 Å². The number of nitrogens with one attached hydrogen (secondary N) is 2. The number of carbonyl (C=O) groups excluding carboxylic acids is 1. The van der Waals surface area contributed by atoms with E-state index < -0.39 is 0 Å². The van der Waals surface area contributed by atoms with Crippen molar-refractivity contribution in [1.82, 2.24) is 20.2 Å². The smallest absolute Gasteiger partial charge is 0.267 e. The van der Waals surface area contributed by atoms with Gasteiger partial charge in [-0.05, 0) is 12.8 Å². The van der Waals surface area contributed by atoms with Crippen molar-refractivity contribution in [2.24, 2.45) is 0 Å². The maximum atomic E-state index is 12.3. The summed E-state index contributed by atoms with van der Waals surface area (Å²) < 4.78 is 1.59. The maximum Gasteiger partial charge on any atom is 0.267 e. The Morgan fingerprint density at radius 3 is 2.83 bits per heavy atom. The van der Waals surface area contributed by atoms with Gasteiger partial charge in [-0.3, -0.25) is 14.2 Å². The van der Waals surface area contributed by atoms with Crippen molar-refractivity contribution in [1.29, 1.82) is 0 Å². The van der Waals surface area contributed by atoms with E-state index in [4.69, 9.17) is 0 Å². The molecule has 1 aliphatic heterocycles. The van der Waals surface area contributed by atoms with Crippen LogP contribution in [0.5, 0.6) is 0 Å². The number of rotatable bonds is 5. The van der Waals surface area contributed by atoms with Crippen molar-refractivity contribution >= 4 is 17.7 Å². The molecule has 2 aliphatic rings. The third-order valence-corrected chi connectivity index (χ3v) is 5.47. The molecule has 0 aromatic carbocycles. The standard InChI is InChI=1S/C16H24N4O2S/c21-14(13-11-19-16-20(15(13)22)9-10-23-16)18-8-7-17-12-5-3-1-2-4-6-12/h11-12,17H,1-10H2,(H,18,21). The summed E-state index contributed by atoms with van der Waals surface area (Å²) in [4.78, 5) is 28.6. The Kier molecular flexibility index (Phi) is 5.72. The molecule has 1 aromatic rings. The number of amides is 1. The molecule has 0 spiro atoms. The molecule has 0 unspecified atom stereocenters. The summed E-state index contributed by atoms with van der Waals surface area (Å²) in [5, 5.41) is 7.04. The first-order valence-electron chi connectivity index (χ1n) is 8.50. The van der Waals surface area contributed by atoms with Crippen molar-refractivity contribution in [3.8, 4) is 0 Å². The monoisotopic (exact) mass is 336 g/mol. The summed E-state index contributed by atoms with van der Waals surface area (Å²) >= 11 is 1.55. The largest absolute Gasteiger partial charge is 0.351 e. The van der Waals surface area contributed by atoms with Gasteiger partial charge in [0.05, 0.1) is 0 Å². The summed E-state index contributed by atoms with van der Waals surface area (Å²) in [7, 11) is 0. The fraction of sp³-hybridized carbons (Fsp3) is 0.688. The lowest BCUT2D eigenvalue weighted by Gasteiger charge is -2.16. The van der Waals surface area contributed by atoms with Gasteiger partial charge < -0.3 is 10.6 Å². The van der Waals surface area contributed by atoms with E-state index in [0.29, 0.717) is 24.3 Å². The zero-order valence-electron chi connectivity index (χ0n) is 13.3. The van der Waals surface area contributed by atoms with E-state index in [2.05, 4.69) is 15.6 Å². The lowest BCUT2D eigenvalue weighted by Crippen LogP contribution is -2.39. The molecule has 3 rings (SSSR count). The van der Waals surface area contributed by atoms with E-state index >= 15 is 0 Å². The molecule has 2 heterocycles. The van der Waals surface area contributed by atoms with Gasteiger partial charge in [-0.2, -0.15) is 0 Å². The van der Waals surface area contributed by atoms with Crippen LogP contribution in [0.1, 0.15) is 48.9 Å². The number of aromatic nitrogens is 2. The predicted octanol–water partition coefficient (Wildman–Crippen LogP) is 1.39. The average molecular weight is 336 g/mol. The van der Waals surface area contributed by atoms with Gasteiger partial charge in [-0.1, -0.05) is 37.4 Å². The average Bonchev–Trinajstić information content (AvgIpc) is 2.89. The fourth-order valence-electron chi connectivity index (χ4n) is 3.20. The van der Waals surface area contributed by atoms with E-state index in [1.54, 1.807) is 16.3 Å². The summed E-state index contributed by atoms with van der Waals surface area (Å²) in [6, 6.07) is 0.568. The third-order valence-electron chi connectivity index (χ3n) is 4.50. The number of carbonyl (C=O) groups is 1. The topological polar surface area (TPSA) is 76.0 Å². The highest BCUT2D eigenvalue weighted by atomic mass is 32.2. The van der Waals surface area contributed by atoms with E-state index in [1.165, 1.54) is 44.7 Å². The molecular formula is C16H24N4O2S. The molecule has 2 N–H and O–H groups in total. The summed E-state index contributed by atoms with van der Waals surface area (Å²) in [6.07, 6.45) is 9.11. The molecule has 7 heteroatoms. The zero-order chi connectivity index (χ0) is 16.1. The Hall–Kier alpha value is -1.34. The highest BCUT2D eigenvalue weighted by molar-refractivity contribution is 7.99. The van der Waals surface area contributed by atoms with Crippen molar-refractivity contribution in [3.63, 3.8) is 0 Å². The molecule has 0 atom stereocenters. The van der Waals surface area contributed by atoms with Crippen molar-refractivity contribution in [2.75, 3.05) is 18.8 Å². The first-order chi connectivity index (χ1) is 11.3. The van der Waals surface area contributed by atoms with Gasteiger partial charge in [0.2, 0.25) is 0 Å². The van der Waals surface area contributed by atoms with Crippen molar-refractivity contribution < 1.29 is 4.79 Å². The minimum Gasteiger partial charge on any atom is -0.351 e. The van der Waals surface area contributed by atoms with Gasteiger partial charge >= 0.3 is 0 Å². The Morgan fingerprint density at radius 1 is 1.26 bits per heavy atom. The Balaban J connectivity index is 1.47. The second-order valence-corrected chi connectivity index (χ2v) is 7.22. The summed E-state index contributed by atoms with van der Waals surface area (Å²) in [6.45, 7) is 1.91. The van der Waals surface area contributed by atoms with Crippen LogP contribution >= 0.6 is 11.8 Å². The van der Waals surface area contributed by atoms with E-state index in [9.17, 15) is 9.59 Å². The maximum absolute atomic E-state index is 12.3. The van der Waals surface area contributed by atoms with Crippen LogP contribution in [0.25, 0.3) is 0 Å². The number of fused-ring (bicyclic) bond motifs is 1. The highest BCUT2D eigenvalue weighted by Crippen LogP contribution is 2.20. The third kappa shape index (κ3) is 4.14. The van der Waals surface area contributed by atoms with Gasteiger partial charge in [0.1, 0.15) is 5.56 Å². The minimum atomic E-state index is -0.322. The molecule has 1 fully saturated rings. The summed E-state index contributed by atoms with van der Waals surface area (Å²) in [5.41, 5.74) is -0.0834. The Morgan fingerprint density at radius 2 is 2.04 bits per heavy atom. The molecule has 1 amide bonds. The molecule has 0 bridgehead atoms. The van der Waals surface area contributed by atoms with E-state index in [0.717, 1.165) is 12.3 Å². The molecule has 6 nitrogen and oxygen atoms in total. The van der Waals surface area contributed by atoms with Crippen LogP contribution < -0.4 is 16.2 Å². The molecule has 0 saturated heterocycles. The molecule has 0 radical (unpaired) electrons. The number of hydrogen-bond acceptors (Lipinski definition) is 5. The van der Waals surface area contributed by atoms with Crippen LogP contribution in [0.15, 0.2) is 16.1 Å². The molecular weight excluding hydrogens is 312 g/mol. The molecule has 1 aromatic heterocycles. The summed E-state index contributed by atoms with van der Waals surface area (Å²) in [5.74, 6) is 0.524. The zero-order valence-corrected chi connectivity index (χ0v) is 14.2. The van der Waals surface area contributed by atoms with Crippen LogP contribution in [0.4, 0.5) is 0 Å². The lowest BCUT2D eigenvalue weighted by atomic mass is 10.1. The van der Waals surface area contributed by atoms with Crippen molar-refractivity contribution in [2.45, 2.75) is 56.3 Å². The first-order valence-corrected chi connectivity index (χ1v) is 9.48. The van der Waals surface area contributed by atoms with Crippen LogP contribution in [0.2, 0.25) is 0 Å². The fourth-order valence-corrected chi connectivity index (χ4v) is 4.12. The lowest BCUT2D eigenvalue weighted by molar-refractivity contribution is 0.0950. The predicted molar refractivity (Wildman–Crippen MR) is 91.0 cm³/mol. The molecule has 1 saturated carbocycles. The Bertz CT molecular complexity index is 609. The van der Waals surface area contributed by atoms with Crippen LogP contribution in [0, 0.1) is 0 Å². The Labute approximate surface area is 140 Å². The number of hydrogen-bond donors (Lipinski definition) is 2. The normalized spacial score (nSPS) is 18.4. The van der Waals surface area contributed by atoms with E-state index in [1.807, 2.05) is 0 Å². The van der Waals surface area contributed by atoms with Gasteiger partial charge in [0.15, 0.2) is 5.16 Å².